The summed E-state index contributed by atoms with van der Waals surface area (Å²) in [5.74, 6) is 0.679. The van der Waals surface area contributed by atoms with E-state index in [1.54, 1.807) is 6.20 Å². The monoisotopic (exact) mass is 333 g/mol. The molecule has 0 unspecified atom stereocenters. The van der Waals surface area contributed by atoms with Gasteiger partial charge in [0.15, 0.2) is 0 Å². The van der Waals surface area contributed by atoms with Crippen LogP contribution in [0.5, 0.6) is 0 Å². The molecule has 5 heteroatoms. The van der Waals surface area contributed by atoms with Gasteiger partial charge in [-0.25, -0.2) is 9.97 Å². The standard InChI is InChI=1S/C20H23N5/c1-13-10-15(3)23-17(11-13)12-25(5)20-21-9-8-19(24-20)18-7-6-14(2)22-16(18)4/h6-11H,12H2,1-5H3. The second-order valence-corrected chi connectivity index (χ2v) is 6.46. The molecule has 0 atom stereocenters. The van der Waals surface area contributed by atoms with E-state index in [2.05, 4.69) is 40.1 Å². The molecule has 0 radical (unpaired) electrons. The predicted molar refractivity (Wildman–Crippen MR) is 101 cm³/mol. The third-order valence-corrected chi connectivity index (χ3v) is 4.04. The highest BCUT2D eigenvalue weighted by molar-refractivity contribution is 5.62. The molecule has 3 aromatic heterocycles. The van der Waals surface area contributed by atoms with E-state index < -0.39 is 0 Å². The van der Waals surface area contributed by atoms with E-state index in [0.717, 1.165) is 34.0 Å². The lowest BCUT2D eigenvalue weighted by molar-refractivity contribution is 0.835. The second-order valence-electron chi connectivity index (χ2n) is 6.46. The maximum Gasteiger partial charge on any atom is 0.225 e. The molecule has 0 spiro atoms. The summed E-state index contributed by atoms with van der Waals surface area (Å²) in [6, 6.07) is 10.2. The molecule has 0 aliphatic heterocycles. The quantitative estimate of drug-likeness (QED) is 0.727. The van der Waals surface area contributed by atoms with Crippen molar-refractivity contribution in [2.24, 2.45) is 0 Å². The molecule has 0 fully saturated rings. The highest BCUT2D eigenvalue weighted by atomic mass is 15.2. The zero-order chi connectivity index (χ0) is 18.0. The molecule has 25 heavy (non-hydrogen) atoms. The first kappa shape index (κ1) is 17.0. The Morgan fingerprint density at radius 3 is 2.40 bits per heavy atom. The Balaban J connectivity index is 1.87. The van der Waals surface area contributed by atoms with Crippen LogP contribution < -0.4 is 4.90 Å². The summed E-state index contributed by atoms with van der Waals surface area (Å²) in [4.78, 5) is 20.3. The number of rotatable bonds is 4. The Bertz CT molecular complexity index is 884. The summed E-state index contributed by atoms with van der Waals surface area (Å²) in [6.45, 7) is 8.76. The Hall–Kier alpha value is -2.82. The van der Waals surface area contributed by atoms with Crippen molar-refractivity contribution >= 4 is 5.95 Å². The summed E-state index contributed by atoms with van der Waals surface area (Å²) >= 11 is 0. The number of hydrogen-bond donors (Lipinski definition) is 0. The van der Waals surface area contributed by atoms with Crippen LogP contribution in [0.15, 0.2) is 36.5 Å². The van der Waals surface area contributed by atoms with Gasteiger partial charge >= 0.3 is 0 Å². The molecule has 128 valence electrons. The van der Waals surface area contributed by atoms with Crippen LogP contribution in [0.3, 0.4) is 0 Å². The molecule has 0 N–H and O–H groups in total. The van der Waals surface area contributed by atoms with E-state index in [9.17, 15) is 0 Å². The average Bonchev–Trinajstić information content (AvgIpc) is 2.54. The SMILES string of the molecule is Cc1cc(C)nc(CN(C)c2nccc(-c3ccc(C)nc3C)n2)c1. The summed E-state index contributed by atoms with van der Waals surface area (Å²) in [5, 5.41) is 0. The molecule has 0 saturated heterocycles. The fourth-order valence-corrected chi connectivity index (χ4v) is 2.96. The lowest BCUT2D eigenvalue weighted by atomic mass is 10.1. The smallest absolute Gasteiger partial charge is 0.225 e. The Morgan fingerprint density at radius 2 is 1.68 bits per heavy atom. The number of aromatic nitrogens is 4. The van der Waals surface area contributed by atoms with Crippen LogP contribution in [0, 0.1) is 27.7 Å². The van der Waals surface area contributed by atoms with Gasteiger partial charge in [-0.3, -0.25) is 9.97 Å². The highest BCUT2D eigenvalue weighted by Gasteiger charge is 2.11. The summed E-state index contributed by atoms with van der Waals surface area (Å²) < 4.78 is 0. The third kappa shape index (κ3) is 3.99. The van der Waals surface area contributed by atoms with Crippen molar-refractivity contribution in [1.82, 2.24) is 19.9 Å². The van der Waals surface area contributed by atoms with Crippen molar-refractivity contribution in [3.8, 4) is 11.3 Å². The largest absolute Gasteiger partial charge is 0.338 e. The first-order valence-electron chi connectivity index (χ1n) is 8.35. The summed E-state index contributed by atoms with van der Waals surface area (Å²) in [5.41, 5.74) is 7.16. The molecular formula is C20H23N5. The summed E-state index contributed by atoms with van der Waals surface area (Å²) in [7, 11) is 1.98. The van der Waals surface area contributed by atoms with Crippen molar-refractivity contribution in [1.29, 1.82) is 0 Å². The van der Waals surface area contributed by atoms with E-state index in [1.165, 1.54) is 5.56 Å². The molecule has 3 rings (SSSR count). The highest BCUT2D eigenvalue weighted by Crippen LogP contribution is 2.22. The van der Waals surface area contributed by atoms with Gasteiger partial charge in [0.1, 0.15) is 0 Å². The van der Waals surface area contributed by atoms with Crippen LogP contribution in [0.25, 0.3) is 11.3 Å². The van der Waals surface area contributed by atoms with E-state index in [0.29, 0.717) is 12.5 Å². The zero-order valence-electron chi connectivity index (χ0n) is 15.4. The minimum absolute atomic E-state index is 0.664. The Labute approximate surface area is 148 Å². The molecule has 0 aromatic carbocycles. The Kier molecular flexibility index (Phi) is 4.74. The maximum atomic E-state index is 4.72. The number of aryl methyl sites for hydroxylation is 4. The van der Waals surface area contributed by atoms with Crippen molar-refractivity contribution in [2.75, 3.05) is 11.9 Å². The first-order valence-corrected chi connectivity index (χ1v) is 8.35. The third-order valence-electron chi connectivity index (χ3n) is 4.04. The van der Waals surface area contributed by atoms with E-state index in [-0.39, 0.29) is 0 Å². The van der Waals surface area contributed by atoms with E-state index in [1.807, 2.05) is 44.9 Å². The maximum absolute atomic E-state index is 4.72. The lowest BCUT2D eigenvalue weighted by Gasteiger charge is -2.18. The Morgan fingerprint density at radius 1 is 0.880 bits per heavy atom. The normalized spacial score (nSPS) is 10.8. The van der Waals surface area contributed by atoms with Crippen molar-refractivity contribution < 1.29 is 0 Å². The molecule has 0 aliphatic carbocycles. The number of hydrogen-bond acceptors (Lipinski definition) is 5. The minimum atomic E-state index is 0.664. The van der Waals surface area contributed by atoms with Gasteiger partial charge in [0, 0.05) is 35.9 Å². The van der Waals surface area contributed by atoms with Gasteiger partial charge in [0.05, 0.1) is 17.9 Å². The summed E-state index contributed by atoms with van der Waals surface area (Å²) in [6.07, 6.45) is 1.79. The average molecular weight is 333 g/mol. The molecular weight excluding hydrogens is 310 g/mol. The molecule has 3 aromatic rings. The number of nitrogens with zero attached hydrogens (tertiary/aromatic N) is 5. The van der Waals surface area contributed by atoms with Crippen LogP contribution in [-0.4, -0.2) is 27.0 Å². The molecule has 3 heterocycles. The molecule has 0 bridgehead atoms. The van der Waals surface area contributed by atoms with E-state index in [4.69, 9.17) is 4.98 Å². The van der Waals surface area contributed by atoms with Gasteiger partial charge in [0.2, 0.25) is 5.95 Å². The minimum Gasteiger partial charge on any atom is -0.338 e. The van der Waals surface area contributed by atoms with Crippen LogP contribution in [0.1, 0.15) is 28.3 Å². The van der Waals surface area contributed by atoms with Crippen LogP contribution in [0.4, 0.5) is 5.95 Å². The van der Waals surface area contributed by atoms with Gasteiger partial charge in [-0.1, -0.05) is 0 Å². The lowest BCUT2D eigenvalue weighted by Crippen LogP contribution is -2.20. The van der Waals surface area contributed by atoms with Crippen LogP contribution >= 0.6 is 0 Å². The molecule has 5 nitrogen and oxygen atoms in total. The van der Waals surface area contributed by atoms with Gasteiger partial charge in [0.25, 0.3) is 0 Å². The second kappa shape index (κ2) is 6.97. The molecule has 0 aliphatic rings. The van der Waals surface area contributed by atoms with Crippen LogP contribution in [0.2, 0.25) is 0 Å². The fourth-order valence-electron chi connectivity index (χ4n) is 2.96. The molecule has 0 amide bonds. The van der Waals surface area contributed by atoms with Crippen molar-refractivity contribution in [3.05, 3.63) is 64.9 Å². The van der Waals surface area contributed by atoms with Crippen molar-refractivity contribution in [2.45, 2.75) is 34.2 Å². The van der Waals surface area contributed by atoms with Gasteiger partial charge in [-0.15, -0.1) is 0 Å². The van der Waals surface area contributed by atoms with Gasteiger partial charge < -0.3 is 4.90 Å². The zero-order valence-corrected chi connectivity index (χ0v) is 15.4. The predicted octanol–water partition coefficient (Wildman–Crippen LogP) is 3.80. The topological polar surface area (TPSA) is 54.8 Å². The van der Waals surface area contributed by atoms with Crippen LogP contribution in [-0.2, 0) is 6.54 Å². The van der Waals surface area contributed by atoms with E-state index >= 15 is 0 Å². The van der Waals surface area contributed by atoms with Gasteiger partial charge in [-0.2, -0.15) is 0 Å². The fraction of sp³-hybridized carbons (Fsp3) is 0.300. The number of anilines is 1. The van der Waals surface area contributed by atoms with Gasteiger partial charge in [-0.05, 0) is 63.6 Å². The number of pyridine rings is 2. The molecule has 0 saturated carbocycles. The first-order chi connectivity index (χ1) is 11.9. The van der Waals surface area contributed by atoms with Crippen molar-refractivity contribution in [3.63, 3.8) is 0 Å².